The van der Waals surface area contributed by atoms with Crippen molar-refractivity contribution in [1.29, 1.82) is 0 Å². The number of methoxy groups -OCH3 is 1. The molecule has 5 heteroatoms. The van der Waals surface area contributed by atoms with Crippen LogP contribution in [0.1, 0.15) is 25.7 Å². The van der Waals surface area contributed by atoms with Crippen molar-refractivity contribution in [2.24, 2.45) is 11.7 Å². The molecule has 5 nitrogen and oxygen atoms in total. The maximum Gasteiger partial charge on any atom is 0.310 e. The molecule has 17 heavy (non-hydrogen) atoms. The van der Waals surface area contributed by atoms with Gasteiger partial charge in [0.2, 0.25) is 0 Å². The number of carbonyl (C=O) groups excluding carboxylic acids is 1. The van der Waals surface area contributed by atoms with Gasteiger partial charge in [-0.25, -0.2) is 0 Å². The van der Waals surface area contributed by atoms with Crippen LogP contribution in [0.15, 0.2) is 0 Å². The first kappa shape index (κ1) is 14.4. The van der Waals surface area contributed by atoms with E-state index in [-0.39, 0.29) is 17.9 Å². The molecule has 0 aliphatic heterocycles. The van der Waals surface area contributed by atoms with Gasteiger partial charge in [-0.2, -0.15) is 0 Å². The number of hydrogen-bond donors (Lipinski definition) is 1. The molecular weight excluding hydrogens is 222 g/mol. The molecule has 0 spiro atoms. The molecule has 0 bridgehead atoms. The Morgan fingerprint density at radius 1 is 1.24 bits per heavy atom. The van der Waals surface area contributed by atoms with Crippen molar-refractivity contribution >= 4 is 5.97 Å². The third-order valence-corrected chi connectivity index (χ3v) is 2.98. The third-order valence-electron chi connectivity index (χ3n) is 2.98. The van der Waals surface area contributed by atoms with Crippen molar-refractivity contribution in [3.63, 3.8) is 0 Å². The number of carbonyl (C=O) groups is 1. The number of hydrogen-bond acceptors (Lipinski definition) is 5. The van der Waals surface area contributed by atoms with E-state index in [0.29, 0.717) is 26.4 Å². The lowest BCUT2D eigenvalue weighted by Crippen LogP contribution is -2.32. The van der Waals surface area contributed by atoms with E-state index < -0.39 is 0 Å². The summed E-state index contributed by atoms with van der Waals surface area (Å²) < 4.78 is 15.3. The number of ether oxygens (including phenoxy) is 3. The maximum absolute atomic E-state index is 11.6. The molecule has 1 aliphatic rings. The Morgan fingerprint density at radius 2 is 2.06 bits per heavy atom. The van der Waals surface area contributed by atoms with Crippen molar-refractivity contribution in [1.82, 2.24) is 0 Å². The minimum absolute atomic E-state index is 0.0230. The molecular formula is C12H23NO4. The Bertz CT molecular complexity index is 223. The van der Waals surface area contributed by atoms with E-state index in [1.165, 1.54) is 0 Å². The smallest absolute Gasteiger partial charge is 0.310 e. The zero-order valence-corrected chi connectivity index (χ0v) is 10.5. The third kappa shape index (κ3) is 5.48. The normalized spacial score (nSPS) is 23.9. The first-order chi connectivity index (χ1) is 8.25. The van der Waals surface area contributed by atoms with Gasteiger partial charge in [-0.15, -0.1) is 0 Å². The second-order valence-electron chi connectivity index (χ2n) is 4.33. The molecule has 1 aliphatic carbocycles. The highest BCUT2D eigenvalue weighted by molar-refractivity contribution is 5.73. The molecule has 0 radical (unpaired) electrons. The summed E-state index contributed by atoms with van der Waals surface area (Å²) in [5.74, 6) is -0.279. The van der Waals surface area contributed by atoms with Crippen molar-refractivity contribution in [3.8, 4) is 0 Å². The van der Waals surface area contributed by atoms with E-state index in [0.717, 1.165) is 25.7 Å². The molecule has 1 saturated carbocycles. The van der Waals surface area contributed by atoms with Gasteiger partial charge in [0.25, 0.3) is 0 Å². The summed E-state index contributed by atoms with van der Waals surface area (Å²) in [7, 11) is 1.66. The molecule has 0 amide bonds. The maximum atomic E-state index is 11.6. The Labute approximate surface area is 103 Å². The molecule has 100 valence electrons. The average molecular weight is 245 g/mol. The summed E-state index contributed by atoms with van der Waals surface area (Å²) in [6, 6.07) is -0.0230. The molecule has 0 aromatic heterocycles. The van der Waals surface area contributed by atoms with Crippen molar-refractivity contribution in [3.05, 3.63) is 0 Å². The van der Waals surface area contributed by atoms with Crippen molar-refractivity contribution in [2.75, 3.05) is 33.5 Å². The van der Waals surface area contributed by atoms with Crippen LogP contribution in [-0.4, -0.2) is 45.5 Å². The van der Waals surface area contributed by atoms with Crippen LogP contribution in [0.2, 0.25) is 0 Å². The van der Waals surface area contributed by atoms with Gasteiger partial charge in [0, 0.05) is 26.4 Å². The van der Waals surface area contributed by atoms with Crippen LogP contribution < -0.4 is 5.73 Å². The van der Waals surface area contributed by atoms with E-state index in [4.69, 9.17) is 19.9 Å². The predicted molar refractivity (Wildman–Crippen MR) is 63.6 cm³/mol. The highest BCUT2D eigenvalue weighted by atomic mass is 16.6. The van der Waals surface area contributed by atoms with E-state index in [9.17, 15) is 4.79 Å². The topological polar surface area (TPSA) is 70.8 Å². The molecule has 0 heterocycles. The fourth-order valence-corrected chi connectivity index (χ4v) is 2.00. The van der Waals surface area contributed by atoms with Gasteiger partial charge in [0.1, 0.15) is 6.61 Å². The second-order valence-corrected chi connectivity index (χ2v) is 4.33. The Kier molecular flexibility index (Phi) is 7.16. The Balaban J connectivity index is 1.97. The SMILES string of the molecule is COCCCOCCOC(=O)C1CCCC1N. The summed E-state index contributed by atoms with van der Waals surface area (Å²) in [4.78, 5) is 11.6. The van der Waals surface area contributed by atoms with Crippen molar-refractivity contribution in [2.45, 2.75) is 31.7 Å². The molecule has 2 unspecified atom stereocenters. The molecule has 1 rings (SSSR count). The first-order valence-corrected chi connectivity index (χ1v) is 6.24. The van der Waals surface area contributed by atoms with Crippen LogP contribution in [0.4, 0.5) is 0 Å². The standard InChI is InChI=1S/C12H23NO4/c1-15-6-3-7-16-8-9-17-12(14)10-4-2-5-11(10)13/h10-11H,2-9,13H2,1H3. The van der Waals surface area contributed by atoms with Gasteiger partial charge in [-0.3, -0.25) is 4.79 Å². The lowest BCUT2D eigenvalue weighted by atomic mass is 10.1. The largest absolute Gasteiger partial charge is 0.463 e. The van der Waals surface area contributed by atoms with Gasteiger partial charge in [-0.1, -0.05) is 6.42 Å². The number of esters is 1. The molecule has 0 aromatic carbocycles. The summed E-state index contributed by atoms with van der Waals surface area (Å²) in [6.07, 6.45) is 3.66. The first-order valence-electron chi connectivity index (χ1n) is 6.24. The summed E-state index contributed by atoms with van der Waals surface area (Å²) >= 11 is 0. The quantitative estimate of drug-likeness (QED) is 0.504. The van der Waals surface area contributed by atoms with E-state index in [1.807, 2.05) is 0 Å². The van der Waals surface area contributed by atoms with Gasteiger partial charge in [-0.05, 0) is 19.3 Å². The van der Waals surface area contributed by atoms with Crippen molar-refractivity contribution < 1.29 is 19.0 Å². The van der Waals surface area contributed by atoms with Crippen LogP contribution in [0, 0.1) is 5.92 Å². The van der Waals surface area contributed by atoms with Gasteiger partial charge < -0.3 is 19.9 Å². The molecule has 1 fully saturated rings. The van der Waals surface area contributed by atoms with Crippen LogP contribution in [0.5, 0.6) is 0 Å². The monoisotopic (exact) mass is 245 g/mol. The van der Waals surface area contributed by atoms with Crippen LogP contribution >= 0.6 is 0 Å². The Hall–Kier alpha value is -0.650. The highest BCUT2D eigenvalue weighted by Crippen LogP contribution is 2.24. The molecule has 0 aromatic rings. The van der Waals surface area contributed by atoms with Gasteiger partial charge in [0.15, 0.2) is 0 Å². The molecule has 2 N–H and O–H groups in total. The summed E-state index contributed by atoms with van der Waals surface area (Å²) in [6.45, 7) is 2.08. The second kappa shape index (κ2) is 8.44. The highest BCUT2D eigenvalue weighted by Gasteiger charge is 2.31. The van der Waals surface area contributed by atoms with E-state index >= 15 is 0 Å². The lowest BCUT2D eigenvalue weighted by molar-refractivity contribution is -0.150. The molecule has 2 atom stereocenters. The zero-order chi connectivity index (χ0) is 12.5. The van der Waals surface area contributed by atoms with Crippen LogP contribution in [-0.2, 0) is 19.0 Å². The minimum Gasteiger partial charge on any atom is -0.463 e. The minimum atomic E-state index is -0.171. The fourth-order valence-electron chi connectivity index (χ4n) is 2.00. The zero-order valence-electron chi connectivity index (χ0n) is 10.5. The molecule has 0 saturated heterocycles. The Morgan fingerprint density at radius 3 is 2.71 bits per heavy atom. The summed E-state index contributed by atoms with van der Waals surface area (Å²) in [5.41, 5.74) is 5.82. The summed E-state index contributed by atoms with van der Waals surface area (Å²) in [5, 5.41) is 0. The van der Waals surface area contributed by atoms with Gasteiger partial charge in [0.05, 0.1) is 12.5 Å². The number of rotatable bonds is 8. The average Bonchev–Trinajstić information content (AvgIpc) is 2.74. The van der Waals surface area contributed by atoms with Crippen LogP contribution in [0.25, 0.3) is 0 Å². The lowest BCUT2D eigenvalue weighted by Gasteiger charge is -2.14. The van der Waals surface area contributed by atoms with E-state index in [2.05, 4.69) is 0 Å². The predicted octanol–water partition coefficient (Wildman–Crippen LogP) is 0.710. The number of nitrogens with two attached hydrogens (primary N) is 1. The van der Waals surface area contributed by atoms with Crippen LogP contribution in [0.3, 0.4) is 0 Å². The van der Waals surface area contributed by atoms with E-state index in [1.54, 1.807) is 7.11 Å². The fraction of sp³-hybridized carbons (Fsp3) is 0.917. The van der Waals surface area contributed by atoms with Gasteiger partial charge >= 0.3 is 5.97 Å².